The molecule has 0 spiro atoms. The predicted molar refractivity (Wildman–Crippen MR) is 121 cm³/mol. The van der Waals surface area contributed by atoms with E-state index in [0.717, 1.165) is 10.9 Å². The molecule has 0 fully saturated rings. The highest BCUT2D eigenvalue weighted by atomic mass is 32.2. The number of aryl methyl sites for hydroxylation is 2. The van der Waals surface area contributed by atoms with Crippen LogP contribution in [0.1, 0.15) is 31.9 Å². The fourth-order valence-electron chi connectivity index (χ4n) is 3.56. The first-order chi connectivity index (χ1) is 14.4. The summed E-state index contributed by atoms with van der Waals surface area (Å²) in [6.07, 6.45) is 1.78. The zero-order valence-electron chi connectivity index (χ0n) is 18.6. The number of rotatable bonds is 6. The summed E-state index contributed by atoms with van der Waals surface area (Å²) in [4.78, 5) is 12.5. The Morgan fingerprint density at radius 2 is 1.71 bits per heavy atom. The second-order valence-electron chi connectivity index (χ2n) is 8.50. The number of carbonyl (C=O) groups is 1. The molecule has 7 nitrogen and oxygen atoms in total. The van der Waals surface area contributed by atoms with Crippen molar-refractivity contribution in [2.24, 2.45) is 0 Å². The summed E-state index contributed by atoms with van der Waals surface area (Å²) < 4.78 is 41.2. The van der Waals surface area contributed by atoms with Gasteiger partial charge in [-0.15, -0.1) is 0 Å². The van der Waals surface area contributed by atoms with Crippen LogP contribution in [0.2, 0.25) is 0 Å². The van der Waals surface area contributed by atoms with Gasteiger partial charge in [-0.3, -0.25) is 9.52 Å². The van der Waals surface area contributed by atoms with Crippen molar-refractivity contribution in [2.75, 3.05) is 11.8 Å². The van der Waals surface area contributed by atoms with Crippen molar-refractivity contribution in [2.45, 2.75) is 51.7 Å². The molecular weight excluding hydrogens is 416 g/mol. The molecule has 0 saturated carbocycles. The summed E-state index contributed by atoms with van der Waals surface area (Å²) >= 11 is 0. The highest BCUT2D eigenvalue weighted by Gasteiger charge is 2.21. The Labute approximate surface area is 183 Å². The summed E-state index contributed by atoms with van der Waals surface area (Å²) in [6, 6.07) is 10.5. The van der Waals surface area contributed by atoms with Crippen LogP contribution in [0.4, 0.5) is 5.69 Å². The lowest BCUT2D eigenvalue weighted by Crippen LogP contribution is -2.26. The summed E-state index contributed by atoms with van der Waals surface area (Å²) in [5.41, 5.74) is 1.76. The van der Waals surface area contributed by atoms with E-state index in [1.54, 1.807) is 56.0 Å². The van der Waals surface area contributed by atoms with Crippen molar-refractivity contribution in [3.05, 3.63) is 53.7 Å². The zero-order chi connectivity index (χ0) is 23.0. The Kier molecular flexibility index (Phi) is 6.04. The molecule has 1 aromatic heterocycles. The van der Waals surface area contributed by atoms with Gasteiger partial charge < -0.3 is 14.0 Å². The number of benzene rings is 2. The van der Waals surface area contributed by atoms with E-state index in [0.29, 0.717) is 22.6 Å². The first-order valence-corrected chi connectivity index (χ1v) is 11.4. The van der Waals surface area contributed by atoms with Crippen molar-refractivity contribution >= 4 is 32.6 Å². The monoisotopic (exact) mass is 444 g/mol. The standard InChI is InChI=1S/C23H28N2O5S/c1-15-11-19(29-6)12-16(2)22(15)31(27,28)24-18-8-7-17-9-10-25(20(17)13-18)14-21(26)30-23(3,4)5/h7-13,24H,14H2,1-6H3. The SMILES string of the molecule is COc1cc(C)c(S(=O)(=O)Nc2ccc3ccn(CC(=O)OC(C)(C)C)c3c2)c(C)c1. The summed E-state index contributed by atoms with van der Waals surface area (Å²) in [6.45, 7) is 8.95. The lowest BCUT2D eigenvalue weighted by Gasteiger charge is -2.20. The normalized spacial score (nSPS) is 12.1. The number of hydrogen-bond acceptors (Lipinski definition) is 5. The van der Waals surface area contributed by atoms with Crippen molar-refractivity contribution in [3.8, 4) is 5.75 Å². The smallest absolute Gasteiger partial charge is 0.326 e. The van der Waals surface area contributed by atoms with Crippen LogP contribution in [0, 0.1) is 13.8 Å². The molecule has 0 unspecified atom stereocenters. The van der Waals surface area contributed by atoms with Crippen LogP contribution in [-0.2, 0) is 26.1 Å². The topological polar surface area (TPSA) is 86.6 Å². The van der Waals surface area contributed by atoms with Gasteiger partial charge >= 0.3 is 5.97 Å². The molecule has 3 aromatic rings. The van der Waals surface area contributed by atoms with Crippen LogP contribution in [0.5, 0.6) is 5.75 Å². The van der Waals surface area contributed by atoms with Gasteiger partial charge in [0.15, 0.2) is 0 Å². The van der Waals surface area contributed by atoms with Gasteiger partial charge in [0.25, 0.3) is 10.0 Å². The van der Waals surface area contributed by atoms with Gasteiger partial charge in [-0.05, 0) is 81.5 Å². The number of sulfonamides is 1. The van der Waals surface area contributed by atoms with Gasteiger partial charge in [-0.1, -0.05) is 6.07 Å². The maximum atomic E-state index is 13.1. The number of fused-ring (bicyclic) bond motifs is 1. The zero-order valence-corrected chi connectivity index (χ0v) is 19.5. The average Bonchev–Trinajstić information content (AvgIpc) is 3.00. The maximum Gasteiger partial charge on any atom is 0.326 e. The van der Waals surface area contributed by atoms with Crippen LogP contribution >= 0.6 is 0 Å². The summed E-state index contributed by atoms with van der Waals surface area (Å²) in [7, 11) is -2.27. The van der Waals surface area contributed by atoms with Crippen molar-refractivity contribution < 1.29 is 22.7 Å². The average molecular weight is 445 g/mol. The molecule has 0 bridgehead atoms. The molecule has 0 amide bonds. The molecular formula is C23H28N2O5S. The number of esters is 1. The molecule has 1 N–H and O–H groups in total. The van der Waals surface area contributed by atoms with Crippen molar-refractivity contribution in [3.63, 3.8) is 0 Å². The predicted octanol–water partition coefficient (Wildman–Crippen LogP) is 4.41. The van der Waals surface area contributed by atoms with E-state index in [-0.39, 0.29) is 17.4 Å². The lowest BCUT2D eigenvalue weighted by molar-refractivity contribution is -0.155. The third kappa shape index (κ3) is 5.19. The molecule has 0 aliphatic heterocycles. The Bertz CT molecular complexity index is 1210. The van der Waals surface area contributed by atoms with Crippen molar-refractivity contribution in [1.29, 1.82) is 0 Å². The molecule has 3 rings (SSSR count). The minimum atomic E-state index is -3.82. The highest BCUT2D eigenvalue weighted by Crippen LogP contribution is 2.28. The van der Waals surface area contributed by atoms with E-state index in [2.05, 4.69) is 4.72 Å². The van der Waals surface area contributed by atoms with E-state index in [9.17, 15) is 13.2 Å². The molecule has 0 aliphatic carbocycles. The number of methoxy groups -OCH3 is 1. The van der Waals surface area contributed by atoms with Crippen LogP contribution < -0.4 is 9.46 Å². The number of nitrogens with zero attached hydrogens (tertiary/aromatic N) is 1. The molecule has 0 atom stereocenters. The summed E-state index contributed by atoms with van der Waals surface area (Å²) in [5, 5.41) is 0.892. The van der Waals surface area contributed by atoms with E-state index in [1.165, 1.54) is 0 Å². The first kappa shape index (κ1) is 22.7. The minimum Gasteiger partial charge on any atom is -0.497 e. The Morgan fingerprint density at radius 1 is 1.06 bits per heavy atom. The summed E-state index contributed by atoms with van der Waals surface area (Å²) in [5.74, 6) is 0.246. The van der Waals surface area contributed by atoms with Crippen molar-refractivity contribution in [1.82, 2.24) is 4.57 Å². The maximum absolute atomic E-state index is 13.1. The number of aromatic nitrogens is 1. The quantitative estimate of drug-likeness (QED) is 0.569. The van der Waals surface area contributed by atoms with Gasteiger partial charge in [-0.25, -0.2) is 8.42 Å². The second-order valence-corrected chi connectivity index (χ2v) is 10.1. The minimum absolute atomic E-state index is 0.0354. The molecule has 0 saturated heterocycles. The second kappa shape index (κ2) is 8.26. The van der Waals surface area contributed by atoms with Gasteiger partial charge in [-0.2, -0.15) is 0 Å². The fourth-order valence-corrected chi connectivity index (χ4v) is 5.06. The van der Waals surface area contributed by atoms with E-state index < -0.39 is 15.6 Å². The van der Waals surface area contributed by atoms with Gasteiger partial charge in [0.2, 0.25) is 0 Å². The molecule has 166 valence electrons. The van der Waals surface area contributed by atoms with Gasteiger partial charge in [0.05, 0.1) is 23.2 Å². The number of carbonyl (C=O) groups excluding carboxylic acids is 1. The number of nitrogens with one attached hydrogen (secondary N) is 1. The number of hydrogen-bond donors (Lipinski definition) is 1. The van der Waals surface area contributed by atoms with Crippen LogP contribution in [-0.4, -0.2) is 31.7 Å². The van der Waals surface area contributed by atoms with Crippen LogP contribution in [0.15, 0.2) is 47.5 Å². The highest BCUT2D eigenvalue weighted by molar-refractivity contribution is 7.92. The molecule has 2 aromatic carbocycles. The molecule has 0 radical (unpaired) electrons. The van der Waals surface area contributed by atoms with Crippen LogP contribution in [0.25, 0.3) is 10.9 Å². The van der Waals surface area contributed by atoms with E-state index in [1.807, 2.05) is 32.9 Å². The largest absolute Gasteiger partial charge is 0.497 e. The molecule has 8 heteroatoms. The third-order valence-electron chi connectivity index (χ3n) is 4.68. The third-order valence-corrected chi connectivity index (χ3v) is 6.37. The number of ether oxygens (including phenoxy) is 2. The van der Waals surface area contributed by atoms with E-state index >= 15 is 0 Å². The molecule has 31 heavy (non-hydrogen) atoms. The fraction of sp³-hybridized carbons (Fsp3) is 0.348. The van der Waals surface area contributed by atoms with Gasteiger partial charge in [0, 0.05) is 6.20 Å². The van der Waals surface area contributed by atoms with Gasteiger partial charge in [0.1, 0.15) is 17.9 Å². The lowest BCUT2D eigenvalue weighted by atomic mass is 10.1. The Hall–Kier alpha value is -3.00. The van der Waals surface area contributed by atoms with E-state index in [4.69, 9.17) is 9.47 Å². The molecule has 1 heterocycles. The Morgan fingerprint density at radius 3 is 2.29 bits per heavy atom. The number of anilines is 1. The first-order valence-electron chi connectivity index (χ1n) is 9.88. The Balaban J connectivity index is 1.91. The molecule has 0 aliphatic rings. The van der Waals surface area contributed by atoms with Crippen LogP contribution in [0.3, 0.4) is 0 Å².